The molecule has 2 rings (SSSR count). The monoisotopic (exact) mass is 254 g/mol. The fraction of sp³-hybridized carbons (Fsp3) is 0.462. The van der Waals surface area contributed by atoms with E-state index in [9.17, 15) is 4.79 Å². The van der Waals surface area contributed by atoms with Gasteiger partial charge in [0.25, 0.3) is 0 Å². The molecule has 0 amide bonds. The summed E-state index contributed by atoms with van der Waals surface area (Å²) in [6.45, 7) is 0.410. The summed E-state index contributed by atoms with van der Waals surface area (Å²) in [7, 11) is 0. The molecule has 1 aromatic rings. The Morgan fingerprint density at radius 3 is 2.82 bits per heavy atom. The number of hydrogen-bond acceptors (Lipinski definition) is 2. The SMILES string of the molecule is O=C(O)C1CCOC(Cl)(Cc2ccccc2)C1. The first kappa shape index (κ1) is 12.4. The van der Waals surface area contributed by atoms with Crippen molar-refractivity contribution >= 4 is 17.6 Å². The van der Waals surface area contributed by atoms with Gasteiger partial charge in [0.05, 0.1) is 5.92 Å². The molecular weight excluding hydrogens is 240 g/mol. The first-order valence-corrected chi connectivity index (χ1v) is 6.06. The Kier molecular flexibility index (Phi) is 3.69. The summed E-state index contributed by atoms with van der Waals surface area (Å²) in [5.41, 5.74) is 1.06. The molecule has 4 heteroatoms. The van der Waals surface area contributed by atoms with Crippen molar-refractivity contribution in [1.82, 2.24) is 0 Å². The summed E-state index contributed by atoms with van der Waals surface area (Å²) in [6, 6.07) is 9.75. The van der Waals surface area contributed by atoms with Gasteiger partial charge in [-0.25, -0.2) is 0 Å². The minimum absolute atomic E-state index is 0.360. The number of carboxylic acid groups (broad SMARTS) is 1. The summed E-state index contributed by atoms with van der Waals surface area (Å²) in [6.07, 6.45) is 1.44. The van der Waals surface area contributed by atoms with Gasteiger partial charge in [-0.1, -0.05) is 41.9 Å². The Morgan fingerprint density at radius 2 is 2.18 bits per heavy atom. The van der Waals surface area contributed by atoms with Gasteiger partial charge in [-0.05, 0) is 12.0 Å². The van der Waals surface area contributed by atoms with Crippen molar-refractivity contribution in [2.24, 2.45) is 5.92 Å². The minimum Gasteiger partial charge on any atom is -0.481 e. The lowest BCUT2D eigenvalue weighted by Crippen LogP contribution is -2.39. The van der Waals surface area contributed by atoms with Crippen molar-refractivity contribution in [2.45, 2.75) is 24.3 Å². The van der Waals surface area contributed by atoms with E-state index in [-0.39, 0.29) is 0 Å². The zero-order valence-electron chi connectivity index (χ0n) is 9.43. The van der Waals surface area contributed by atoms with Gasteiger partial charge in [0.2, 0.25) is 0 Å². The zero-order valence-corrected chi connectivity index (χ0v) is 10.2. The highest BCUT2D eigenvalue weighted by Gasteiger charge is 2.38. The third-order valence-corrected chi connectivity index (χ3v) is 3.44. The topological polar surface area (TPSA) is 46.5 Å². The van der Waals surface area contributed by atoms with E-state index < -0.39 is 16.9 Å². The second-order valence-electron chi connectivity index (χ2n) is 4.42. The normalized spacial score (nSPS) is 28.9. The molecule has 3 nitrogen and oxygen atoms in total. The third-order valence-electron chi connectivity index (χ3n) is 3.04. The summed E-state index contributed by atoms with van der Waals surface area (Å²) in [5, 5.41) is 8.15. The predicted molar refractivity (Wildman–Crippen MR) is 65.0 cm³/mol. The Balaban J connectivity index is 2.06. The number of benzene rings is 1. The Bertz CT molecular complexity index is 393. The fourth-order valence-electron chi connectivity index (χ4n) is 2.15. The molecule has 0 bridgehead atoms. The number of carboxylic acids is 1. The Labute approximate surface area is 105 Å². The van der Waals surface area contributed by atoms with Crippen LogP contribution in [0.3, 0.4) is 0 Å². The molecule has 0 spiro atoms. The molecule has 0 aliphatic carbocycles. The second kappa shape index (κ2) is 5.07. The highest BCUT2D eigenvalue weighted by atomic mass is 35.5. The average Bonchev–Trinajstić information content (AvgIpc) is 2.29. The zero-order chi connectivity index (χ0) is 12.3. The molecule has 2 atom stereocenters. The summed E-state index contributed by atoms with van der Waals surface area (Å²) in [5.74, 6) is -1.18. The van der Waals surface area contributed by atoms with E-state index in [1.807, 2.05) is 30.3 Å². The molecule has 1 heterocycles. The van der Waals surface area contributed by atoms with E-state index in [0.29, 0.717) is 25.9 Å². The van der Waals surface area contributed by atoms with Gasteiger partial charge in [-0.15, -0.1) is 0 Å². The van der Waals surface area contributed by atoms with Gasteiger partial charge in [-0.3, -0.25) is 4.79 Å². The number of carbonyl (C=O) groups is 1. The van der Waals surface area contributed by atoms with Gasteiger partial charge in [-0.2, -0.15) is 0 Å². The largest absolute Gasteiger partial charge is 0.481 e. The smallest absolute Gasteiger partial charge is 0.306 e. The molecule has 0 aromatic heterocycles. The molecule has 92 valence electrons. The lowest BCUT2D eigenvalue weighted by atomic mass is 9.92. The van der Waals surface area contributed by atoms with Crippen molar-refractivity contribution in [3.05, 3.63) is 35.9 Å². The number of halogens is 1. The standard InChI is InChI=1S/C13H15ClO3/c14-13(8-10-4-2-1-3-5-10)9-11(12(15)16)6-7-17-13/h1-5,11H,6-9H2,(H,15,16). The molecule has 17 heavy (non-hydrogen) atoms. The highest BCUT2D eigenvalue weighted by molar-refractivity contribution is 6.23. The van der Waals surface area contributed by atoms with Crippen LogP contribution in [0, 0.1) is 5.92 Å². The van der Waals surface area contributed by atoms with Crippen LogP contribution in [-0.4, -0.2) is 22.7 Å². The molecule has 1 aromatic carbocycles. The van der Waals surface area contributed by atoms with Crippen LogP contribution in [0.4, 0.5) is 0 Å². The summed E-state index contributed by atoms with van der Waals surface area (Å²) >= 11 is 6.36. The third kappa shape index (κ3) is 3.20. The van der Waals surface area contributed by atoms with Gasteiger partial charge in [0.15, 0.2) is 0 Å². The summed E-state index contributed by atoms with van der Waals surface area (Å²) in [4.78, 5) is 11.0. The highest BCUT2D eigenvalue weighted by Crippen LogP contribution is 2.35. The maximum absolute atomic E-state index is 11.0. The van der Waals surface area contributed by atoms with Crippen LogP contribution in [0.25, 0.3) is 0 Å². The van der Waals surface area contributed by atoms with Crippen LogP contribution < -0.4 is 0 Å². The van der Waals surface area contributed by atoms with Crippen molar-refractivity contribution in [3.63, 3.8) is 0 Å². The predicted octanol–water partition coefficient (Wildman–Crippen LogP) is 2.68. The van der Waals surface area contributed by atoms with Crippen LogP contribution in [0.2, 0.25) is 0 Å². The minimum atomic E-state index is -0.872. The summed E-state index contributed by atoms with van der Waals surface area (Å²) < 4.78 is 5.55. The first-order chi connectivity index (χ1) is 8.09. The molecular formula is C13H15ClO3. The van der Waals surface area contributed by atoms with Crippen LogP contribution in [0.1, 0.15) is 18.4 Å². The molecule has 1 saturated heterocycles. The molecule has 1 aliphatic heterocycles. The molecule has 1 N–H and O–H groups in total. The maximum atomic E-state index is 11.0. The van der Waals surface area contributed by atoms with Gasteiger partial charge in [0.1, 0.15) is 5.06 Å². The van der Waals surface area contributed by atoms with Gasteiger partial charge >= 0.3 is 5.97 Å². The van der Waals surface area contributed by atoms with Crippen LogP contribution in [0.5, 0.6) is 0 Å². The van der Waals surface area contributed by atoms with Crippen LogP contribution in [-0.2, 0) is 16.0 Å². The van der Waals surface area contributed by atoms with E-state index >= 15 is 0 Å². The number of ether oxygens (including phenoxy) is 1. The Hall–Kier alpha value is -1.06. The number of alkyl halides is 1. The second-order valence-corrected chi connectivity index (χ2v) is 5.11. The van der Waals surface area contributed by atoms with Crippen molar-refractivity contribution in [2.75, 3.05) is 6.61 Å². The van der Waals surface area contributed by atoms with E-state index in [1.165, 1.54) is 0 Å². The quantitative estimate of drug-likeness (QED) is 0.844. The van der Waals surface area contributed by atoms with Gasteiger partial charge < -0.3 is 9.84 Å². The molecule has 0 radical (unpaired) electrons. The van der Waals surface area contributed by atoms with Gasteiger partial charge in [0, 0.05) is 19.4 Å². The van der Waals surface area contributed by atoms with Crippen molar-refractivity contribution in [1.29, 1.82) is 0 Å². The van der Waals surface area contributed by atoms with Crippen molar-refractivity contribution < 1.29 is 14.6 Å². The molecule has 1 aliphatic rings. The number of rotatable bonds is 3. The fourth-order valence-corrected chi connectivity index (χ4v) is 2.57. The number of hydrogen-bond donors (Lipinski definition) is 1. The first-order valence-electron chi connectivity index (χ1n) is 5.69. The average molecular weight is 255 g/mol. The number of aliphatic carboxylic acids is 1. The van der Waals surface area contributed by atoms with E-state index in [1.54, 1.807) is 0 Å². The molecule has 1 fully saturated rings. The lowest BCUT2D eigenvalue weighted by molar-refractivity contribution is -0.148. The maximum Gasteiger partial charge on any atom is 0.306 e. The van der Waals surface area contributed by atoms with Crippen molar-refractivity contribution in [3.8, 4) is 0 Å². The lowest BCUT2D eigenvalue weighted by Gasteiger charge is -2.34. The van der Waals surface area contributed by atoms with E-state index in [0.717, 1.165) is 5.56 Å². The van der Waals surface area contributed by atoms with E-state index in [2.05, 4.69) is 0 Å². The van der Waals surface area contributed by atoms with Crippen LogP contribution >= 0.6 is 11.6 Å². The van der Waals surface area contributed by atoms with E-state index in [4.69, 9.17) is 21.4 Å². The van der Waals surface area contributed by atoms with Crippen LogP contribution in [0.15, 0.2) is 30.3 Å². The Morgan fingerprint density at radius 1 is 1.47 bits per heavy atom. The molecule has 0 saturated carbocycles. The molecule has 2 unspecified atom stereocenters.